The number of anilines is 2. The molecule has 0 unspecified atom stereocenters. The van der Waals surface area contributed by atoms with Gasteiger partial charge in [0.2, 0.25) is 11.8 Å². The average Bonchev–Trinajstić information content (AvgIpc) is 2.68. The third-order valence-electron chi connectivity index (χ3n) is 4.62. The predicted molar refractivity (Wildman–Crippen MR) is 106 cm³/mol. The number of ether oxygens (including phenoxy) is 1. The fourth-order valence-electron chi connectivity index (χ4n) is 3.25. The van der Waals surface area contributed by atoms with Gasteiger partial charge < -0.3 is 14.5 Å². The van der Waals surface area contributed by atoms with E-state index in [0.717, 1.165) is 54.3 Å². The summed E-state index contributed by atoms with van der Waals surface area (Å²) in [6, 6.07) is 6.28. The van der Waals surface area contributed by atoms with Gasteiger partial charge in [0.25, 0.3) is 0 Å². The molecule has 3 aromatic rings. The molecule has 1 saturated heterocycles. The third kappa shape index (κ3) is 3.77. The molecule has 0 bridgehead atoms. The Morgan fingerprint density at radius 1 is 0.926 bits per heavy atom. The smallest absolute Gasteiger partial charge is 0.225 e. The van der Waals surface area contributed by atoms with E-state index < -0.39 is 0 Å². The number of hydrogen-bond acceptors (Lipinski definition) is 7. The zero-order valence-corrected chi connectivity index (χ0v) is 16.0. The van der Waals surface area contributed by atoms with Crippen LogP contribution in [-0.2, 0) is 0 Å². The average molecular weight is 364 g/mol. The maximum Gasteiger partial charge on any atom is 0.225 e. The summed E-state index contributed by atoms with van der Waals surface area (Å²) in [5, 5.41) is 0.952. The van der Waals surface area contributed by atoms with Crippen molar-refractivity contribution in [3.05, 3.63) is 42.5 Å². The monoisotopic (exact) mass is 364 g/mol. The highest BCUT2D eigenvalue weighted by molar-refractivity contribution is 5.86. The van der Waals surface area contributed by atoms with E-state index in [4.69, 9.17) is 4.74 Å². The van der Waals surface area contributed by atoms with Crippen LogP contribution in [0.2, 0.25) is 0 Å². The molecule has 4 rings (SSSR count). The van der Waals surface area contributed by atoms with Gasteiger partial charge >= 0.3 is 0 Å². The molecule has 1 aromatic carbocycles. The molecule has 0 radical (unpaired) electrons. The minimum atomic E-state index is 0.0739. The molecule has 1 aliphatic rings. The number of hydrogen-bond donors (Lipinski definition) is 0. The zero-order valence-electron chi connectivity index (χ0n) is 16.0. The molecule has 0 saturated carbocycles. The first-order chi connectivity index (χ1) is 13.1. The molecule has 7 nitrogen and oxygen atoms in total. The Labute approximate surface area is 159 Å². The summed E-state index contributed by atoms with van der Waals surface area (Å²) < 4.78 is 5.86. The van der Waals surface area contributed by atoms with Crippen molar-refractivity contribution in [3.8, 4) is 5.88 Å². The van der Waals surface area contributed by atoms with Crippen molar-refractivity contribution in [2.75, 3.05) is 36.0 Å². The van der Waals surface area contributed by atoms with Crippen LogP contribution in [0.4, 0.5) is 11.6 Å². The lowest BCUT2D eigenvalue weighted by Crippen LogP contribution is -2.47. The van der Waals surface area contributed by atoms with Gasteiger partial charge in [0.15, 0.2) is 0 Å². The van der Waals surface area contributed by atoms with Gasteiger partial charge in [0.05, 0.1) is 17.0 Å². The van der Waals surface area contributed by atoms with E-state index in [1.165, 1.54) is 0 Å². The number of aryl methyl sites for hydroxylation is 1. The first kappa shape index (κ1) is 17.5. The lowest BCUT2D eigenvalue weighted by Gasteiger charge is -2.36. The molecule has 27 heavy (non-hydrogen) atoms. The molecular weight excluding hydrogens is 340 g/mol. The fraction of sp³-hybridized carbons (Fsp3) is 0.400. The van der Waals surface area contributed by atoms with Crippen molar-refractivity contribution in [1.29, 1.82) is 0 Å². The van der Waals surface area contributed by atoms with E-state index >= 15 is 0 Å². The zero-order chi connectivity index (χ0) is 18.8. The molecule has 0 amide bonds. The maximum atomic E-state index is 5.86. The number of fused-ring (bicyclic) bond motifs is 1. The largest absolute Gasteiger partial charge is 0.474 e. The quantitative estimate of drug-likeness (QED) is 0.705. The van der Waals surface area contributed by atoms with Crippen LogP contribution < -0.4 is 14.5 Å². The van der Waals surface area contributed by atoms with Crippen molar-refractivity contribution < 1.29 is 4.74 Å². The van der Waals surface area contributed by atoms with Crippen LogP contribution >= 0.6 is 0 Å². The Hall–Kier alpha value is -2.96. The van der Waals surface area contributed by atoms with Gasteiger partial charge in [-0.05, 0) is 44.5 Å². The first-order valence-electron chi connectivity index (χ1n) is 9.30. The van der Waals surface area contributed by atoms with Crippen molar-refractivity contribution in [2.24, 2.45) is 0 Å². The van der Waals surface area contributed by atoms with Gasteiger partial charge in [0.1, 0.15) is 6.33 Å². The van der Waals surface area contributed by atoms with Gasteiger partial charge in [-0.2, -0.15) is 0 Å². The highest BCUT2D eigenvalue weighted by atomic mass is 16.5. The van der Waals surface area contributed by atoms with Gasteiger partial charge in [-0.15, -0.1) is 0 Å². The first-order valence-corrected chi connectivity index (χ1v) is 9.30. The summed E-state index contributed by atoms with van der Waals surface area (Å²) in [4.78, 5) is 22.2. The van der Waals surface area contributed by atoms with E-state index in [1.807, 2.05) is 39.2 Å². The van der Waals surface area contributed by atoms with Gasteiger partial charge in [-0.1, -0.05) is 0 Å². The van der Waals surface area contributed by atoms with Crippen molar-refractivity contribution in [3.63, 3.8) is 0 Å². The fourth-order valence-corrected chi connectivity index (χ4v) is 3.25. The topological polar surface area (TPSA) is 67.3 Å². The second kappa shape index (κ2) is 7.34. The van der Waals surface area contributed by atoms with Crippen LogP contribution in [0.15, 0.2) is 36.9 Å². The standard InChI is InChI=1S/C20H24N6O/c1-14(2)27-19-17-10-16(4-5-18(17)23-13-24-19)25-6-8-26(9-7-25)20-21-11-15(3)12-22-20/h4-5,10-14H,6-9H2,1-3H3. The lowest BCUT2D eigenvalue weighted by atomic mass is 10.2. The van der Waals surface area contributed by atoms with Crippen LogP contribution in [0, 0.1) is 6.92 Å². The second-order valence-corrected chi connectivity index (χ2v) is 7.08. The van der Waals surface area contributed by atoms with Gasteiger partial charge in [-0.3, -0.25) is 0 Å². The van der Waals surface area contributed by atoms with Gasteiger partial charge in [-0.25, -0.2) is 19.9 Å². The minimum absolute atomic E-state index is 0.0739. The van der Waals surface area contributed by atoms with E-state index in [1.54, 1.807) is 6.33 Å². The molecule has 0 atom stereocenters. The summed E-state index contributed by atoms with van der Waals surface area (Å²) in [5.74, 6) is 1.45. The molecule has 0 aliphatic carbocycles. The van der Waals surface area contributed by atoms with Crippen LogP contribution in [0.3, 0.4) is 0 Å². The predicted octanol–water partition coefficient (Wildman–Crippen LogP) is 2.84. The van der Waals surface area contributed by atoms with Crippen molar-refractivity contribution >= 4 is 22.5 Å². The maximum absolute atomic E-state index is 5.86. The molecule has 0 N–H and O–H groups in total. The summed E-state index contributed by atoms with van der Waals surface area (Å²) in [6.07, 6.45) is 5.37. The number of benzene rings is 1. The Kier molecular flexibility index (Phi) is 4.75. The van der Waals surface area contributed by atoms with Crippen molar-refractivity contribution in [2.45, 2.75) is 26.9 Å². The summed E-state index contributed by atoms with van der Waals surface area (Å²) >= 11 is 0. The number of nitrogens with zero attached hydrogens (tertiary/aromatic N) is 6. The van der Waals surface area contributed by atoms with E-state index in [-0.39, 0.29) is 6.10 Å². The van der Waals surface area contributed by atoms with Crippen molar-refractivity contribution in [1.82, 2.24) is 19.9 Å². The van der Waals surface area contributed by atoms with E-state index in [9.17, 15) is 0 Å². The summed E-state index contributed by atoms with van der Waals surface area (Å²) in [5.41, 5.74) is 3.14. The molecule has 2 aromatic heterocycles. The molecule has 140 valence electrons. The van der Waals surface area contributed by atoms with Gasteiger partial charge in [0, 0.05) is 44.3 Å². The Morgan fingerprint density at radius 2 is 1.63 bits per heavy atom. The van der Waals surface area contributed by atoms with E-state index in [2.05, 4.69) is 41.9 Å². The molecule has 1 aliphatic heterocycles. The second-order valence-electron chi connectivity index (χ2n) is 7.08. The lowest BCUT2D eigenvalue weighted by molar-refractivity contribution is 0.235. The highest BCUT2D eigenvalue weighted by Gasteiger charge is 2.20. The van der Waals surface area contributed by atoms with Crippen LogP contribution in [-0.4, -0.2) is 52.2 Å². The molecule has 3 heterocycles. The molecule has 0 spiro atoms. The molecule has 1 fully saturated rings. The summed E-state index contributed by atoms with van der Waals surface area (Å²) in [6.45, 7) is 9.62. The normalized spacial score (nSPS) is 14.8. The van der Waals surface area contributed by atoms with Crippen LogP contribution in [0.1, 0.15) is 19.4 Å². The van der Waals surface area contributed by atoms with Crippen LogP contribution in [0.5, 0.6) is 5.88 Å². The number of aromatic nitrogens is 4. The highest BCUT2D eigenvalue weighted by Crippen LogP contribution is 2.28. The Morgan fingerprint density at radius 3 is 2.33 bits per heavy atom. The van der Waals surface area contributed by atoms with E-state index in [0.29, 0.717) is 5.88 Å². The molecule has 7 heteroatoms. The molecular formula is C20H24N6O. The number of piperazine rings is 1. The van der Waals surface area contributed by atoms with Crippen LogP contribution in [0.25, 0.3) is 10.9 Å². The third-order valence-corrected chi connectivity index (χ3v) is 4.62. The SMILES string of the molecule is Cc1cnc(N2CCN(c3ccc4ncnc(OC(C)C)c4c3)CC2)nc1. The Bertz CT molecular complexity index is 919. The number of rotatable bonds is 4. The minimum Gasteiger partial charge on any atom is -0.474 e. The Balaban J connectivity index is 1.52. The summed E-state index contributed by atoms with van der Waals surface area (Å²) in [7, 11) is 0.